The van der Waals surface area contributed by atoms with Gasteiger partial charge in [0.1, 0.15) is 0 Å². The Morgan fingerprint density at radius 1 is 1.33 bits per heavy atom. The summed E-state index contributed by atoms with van der Waals surface area (Å²) in [7, 11) is 0. The van der Waals surface area contributed by atoms with E-state index in [0.717, 1.165) is 32.4 Å². The summed E-state index contributed by atoms with van der Waals surface area (Å²) in [4.78, 5) is 24.1. The van der Waals surface area contributed by atoms with Crippen molar-refractivity contribution >= 4 is 12.0 Å². The highest BCUT2D eigenvalue weighted by molar-refractivity contribution is 5.76. The molecule has 0 aromatic carbocycles. The smallest absolute Gasteiger partial charge is 0.317 e. The number of urea groups is 1. The van der Waals surface area contributed by atoms with Crippen LogP contribution < -0.4 is 10.6 Å². The number of nitrogens with zero attached hydrogens (tertiary/aromatic N) is 1. The average molecular weight is 257 g/mol. The van der Waals surface area contributed by atoms with Crippen LogP contribution in [0, 0.1) is 0 Å². The van der Waals surface area contributed by atoms with E-state index in [9.17, 15) is 9.59 Å². The predicted octanol–water partition coefficient (Wildman–Crippen LogP) is 0.635. The lowest BCUT2D eigenvalue weighted by atomic mass is 10.3. The van der Waals surface area contributed by atoms with Gasteiger partial charge in [-0.05, 0) is 32.4 Å². The molecule has 1 rings (SSSR count). The Kier molecular flexibility index (Phi) is 6.49. The molecule has 0 aliphatic heterocycles. The Balaban J connectivity index is 2.20. The Morgan fingerprint density at radius 3 is 2.61 bits per heavy atom. The fourth-order valence-electron chi connectivity index (χ4n) is 1.74. The summed E-state index contributed by atoms with van der Waals surface area (Å²) < 4.78 is 0. The summed E-state index contributed by atoms with van der Waals surface area (Å²) >= 11 is 0. The highest BCUT2D eigenvalue weighted by atomic mass is 16.4. The van der Waals surface area contributed by atoms with Crippen LogP contribution in [0.25, 0.3) is 0 Å². The fourth-order valence-corrected chi connectivity index (χ4v) is 1.74. The van der Waals surface area contributed by atoms with Gasteiger partial charge in [0.15, 0.2) is 0 Å². The van der Waals surface area contributed by atoms with Gasteiger partial charge >= 0.3 is 12.0 Å². The Hall–Kier alpha value is -1.30. The van der Waals surface area contributed by atoms with E-state index in [4.69, 9.17) is 5.11 Å². The van der Waals surface area contributed by atoms with Gasteiger partial charge in [-0.2, -0.15) is 0 Å². The molecular weight excluding hydrogens is 234 g/mol. The van der Waals surface area contributed by atoms with Crippen molar-refractivity contribution in [2.45, 2.75) is 38.6 Å². The quantitative estimate of drug-likeness (QED) is 0.529. The number of rotatable bonds is 9. The number of amides is 2. The summed E-state index contributed by atoms with van der Waals surface area (Å²) in [6.45, 7) is 4.79. The van der Waals surface area contributed by atoms with Crippen molar-refractivity contribution in [3.63, 3.8) is 0 Å². The normalized spacial score (nSPS) is 14.3. The first kappa shape index (κ1) is 14.8. The molecule has 0 atom stereocenters. The number of carboxylic acid groups (broad SMARTS) is 1. The summed E-state index contributed by atoms with van der Waals surface area (Å²) in [5, 5.41) is 14.7. The molecule has 1 fully saturated rings. The second kappa shape index (κ2) is 7.92. The molecule has 0 radical (unpaired) electrons. The number of hydrogen-bond donors (Lipinski definition) is 3. The molecule has 0 spiro atoms. The molecule has 2 amide bonds. The highest BCUT2D eigenvalue weighted by Crippen LogP contribution is 2.26. The van der Waals surface area contributed by atoms with Crippen molar-refractivity contribution in [1.29, 1.82) is 0 Å². The molecular formula is C12H23N3O3. The molecule has 104 valence electrons. The number of aliphatic carboxylic acids is 1. The first-order valence-corrected chi connectivity index (χ1v) is 6.62. The van der Waals surface area contributed by atoms with E-state index in [2.05, 4.69) is 10.6 Å². The molecule has 0 saturated heterocycles. The third kappa shape index (κ3) is 5.86. The zero-order valence-corrected chi connectivity index (χ0v) is 10.9. The highest BCUT2D eigenvalue weighted by Gasteiger charge is 2.32. The van der Waals surface area contributed by atoms with Gasteiger partial charge in [-0.15, -0.1) is 0 Å². The number of nitrogens with one attached hydrogen (secondary N) is 2. The van der Waals surface area contributed by atoms with Gasteiger partial charge in [-0.3, -0.25) is 4.79 Å². The summed E-state index contributed by atoms with van der Waals surface area (Å²) in [5.74, 6) is -0.861. The van der Waals surface area contributed by atoms with Gasteiger partial charge < -0.3 is 20.6 Å². The Morgan fingerprint density at radius 2 is 2.06 bits per heavy atom. The molecule has 3 N–H and O–H groups in total. The first-order valence-electron chi connectivity index (χ1n) is 6.62. The Bertz CT molecular complexity index is 280. The third-order valence-corrected chi connectivity index (χ3v) is 2.87. The van der Waals surface area contributed by atoms with E-state index >= 15 is 0 Å². The molecule has 6 heteroatoms. The van der Waals surface area contributed by atoms with Crippen LogP contribution in [0.2, 0.25) is 0 Å². The van der Waals surface area contributed by atoms with Gasteiger partial charge in [0.05, 0.1) is 6.42 Å². The van der Waals surface area contributed by atoms with Crippen molar-refractivity contribution in [3.05, 3.63) is 0 Å². The molecule has 0 aromatic heterocycles. The molecule has 1 aliphatic carbocycles. The minimum absolute atomic E-state index is 0.0152. The lowest BCUT2D eigenvalue weighted by Gasteiger charge is -2.22. The maximum atomic E-state index is 11.9. The van der Waals surface area contributed by atoms with E-state index in [1.807, 2.05) is 6.92 Å². The van der Waals surface area contributed by atoms with E-state index in [-0.39, 0.29) is 18.5 Å². The predicted molar refractivity (Wildman–Crippen MR) is 68.5 cm³/mol. The average Bonchev–Trinajstić information content (AvgIpc) is 3.13. The van der Waals surface area contributed by atoms with Gasteiger partial charge in [0, 0.05) is 19.1 Å². The lowest BCUT2D eigenvalue weighted by molar-refractivity contribution is -0.137. The largest absolute Gasteiger partial charge is 0.481 e. The molecule has 0 bridgehead atoms. The lowest BCUT2D eigenvalue weighted by Crippen LogP contribution is -2.43. The van der Waals surface area contributed by atoms with E-state index in [1.165, 1.54) is 0 Å². The molecule has 18 heavy (non-hydrogen) atoms. The Labute approximate surface area is 108 Å². The zero-order valence-electron chi connectivity index (χ0n) is 10.9. The third-order valence-electron chi connectivity index (χ3n) is 2.87. The second-order valence-electron chi connectivity index (χ2n) is 4.51. The van der Waals surface area contributed by atoms with Gasteiger partial charge in [0.25, 0.3) is 0 Å². The summed E-state index contributed by atoms with van der Waals surface area (Å²) in [5.41, 5.74) is 0. The number of carbonyl (C=O) groups excluding carboxylic acids is 1. The van der Waals surface area contributed by atoms with Crippen molar-refractivity contribution in [2.24, 2.45) is 0 Å². The minimum Gasteiger partial charge on any atom is -0.481 e. The maximum Gasteiger partial charge on any atom is 0.317 e. The van der Waals surface area contributed by atoms with Crippen LogP contribution >= 0.6 is 0 Å². The van der Waals surface area contributed by atoms with Crippen molar-refractivity contribution in [3.8, 4) is 0 Å². The minimum atomic E-state index is -0.861. The monoisotopic (exact) mass is 257 g/mol. The van der Waals surface area contributed by atoms with E-state index in [0.29, 0.717) is 13.1 Å². The standard InChI is InChI=1S/C12H23N3O3/c1-2-13-7-3-8-14-12(18)15(10-4-5-10)9-6-11(16)17/h10,13H,2-9H2,1H3,(H,14,18)(H,16,17). The van der Waals surface area contributed by atoms with Crippen molar-refractivity contribution in [2.75, 3.05) is 26.2 Å². The SMILES string of the molecule is CCNCCCNC(=O)N(CCC(=O)O)C1CC1. The second-order valence-corrected chi connectivity index (χ2v) is 4.51. The molecule has 1 saturated carbocycles. The number of carbonyl (C=O) groups is 2. The van der Waals surface area contributed by atoms with Crippen LogP contribution in [0.3, 0.4) is 0 Å². The van der Waals surface area contributed by atoms with E-state index in [1.54, 1.807) is 4.90 Å². The van der Waals surface area contributed by atoms with Crippen molar-refractivity contribution < 1.29 is 14.7 Å². The molecule has 6 nitrogen and oxygen atoms in total. The van der Waals surface area contributed by atoms with Crippen LogP contribution in [0.1, 0.15) is 32.6 Å². The van der Waals surface area contributed by atoms with Gasteiger partial charge in [-0.1, -0.05) is 6.92 Å². The maximum absolute atomic E-state index is 11.9. The summed E-state index contributed by atoms with van der Waals surface area (Å²) in [6.07, 6.45) is 2.88. The van der Waals surface area contributed by atoms with Crippen molar-refractivity contribution in [1.82, 2.24) is 15.5 Å². The van der Waals surface area contributed by atoms with Crippen LogP contribution in [0.5, 0.6) is 0 Å². The molecule has 0 unspecified atom stereocenters. The topological polar surface area (TPSA) is 81.7 Å². The van der Waals surface area contributed by atoms with Crippen LogP contribution in [0.15, 0.2) is 0 Å². The van der Waals surface area contributed by atoms with Crippen LogP contribution in [0.4, 0.5) is 4.79 Å². The van der Waals surface area contributed by atoms with Crippen LogP contribution in [-0.4, -0.2) is 54.2 Å². The molecule has 0 aromatic rings. The molecule has 1 aliphatic rings. The number of carboxylic acids is 1. The van der Waals surface area contributed by atoms with Gasteiger partial charge in [0.2, 0.25) is 0 Å². The number of hydrogen-bond acceptors (Lipinski definition) is 3. The van der Waals surface area contributed by atoms with Gasteiger partial charge in [-0.25, -0.2) is 4.79 Å². The molecule has 0 heterocycles. The van der Waals surface area contributed by atoms with E-state index < -0.39 is 5.97 Å². The van der Waals surface area contributed by atoms with Crippen LogP contribution in [-0.2, 0) is 4.79 Å². The summed E-state index contributed by atoms with van der Waals surface area (Å²) in [6, 6.07) is 0.119. The zero-order chi connectivity index (χ0) is 13.4. The fraction of sp³-hybridized carbons (Fsp3) is 0.833. The first-order chi connectivity index (χ1) is 8.65.